The molecule has 0 unspecified atom stereocenters. The maximum atomic E-state index is 12.9. The van der Waals surface area contributed by atoms with Crippen LogP contribution in [-0.4, -0.2) is 50.7 Å². The number of hydrogen-bond donors (Lipinski definition) is 1. The van der Waals surface area contributed by atoms with Gasteiger partial charge in [0, 0.05) is 24.6 Å². The van der Waals surface area contributed by atoms with E-state index in [-0.39, 0.29) is 48.0 Å². The zero-order valence-electron chi connectivity index (χ0n) is 17.2. The molecule has 9 heteroatoms. The highest BCUT2D eigenvalue weighted by molar-refractivity contribution is 7.89. The van der Waals surface area contributed by atoms with Crippen molar-refractivity contribution in [1.82, 2.24) is 9.62 Å². The highest BCUT2D eigenvalue weighted by atomic mass is 32.2. The van der Waals surface area contributed by atoms with E-state index >= 15 is 0 Å². The van der Waals surface area contributed by atoms with Crippen LogP contribution in [-0.2, 0) is 14.8 Å². The van der Waals surface area contributed by atoms with Gasteiger partial charge in [0.25, 0.3) is 0 Å². The number of nitrogens with zero attached hydrogens (tertiary/aromatic N) is 1. The fourth-order valence-corrected chi connectivity index (χ4v) is 4.92. The van der Waals surface area contributed by atoms with Crippen LogP contribution in [0.4, 0.5) is 4.39 Å². The standard InChI is InChI=1S/C22H25FN2O5S/c1-16(26)18-3-2-4-21(15-18)31(28,29)25-12-9-17(10-13-25)22(27)24-11-14-30-20-7-5-19(23)6-8-20/h2-8,15,17H,9-14H2,1H3,(H,24,27). The normalized spacial score (nSPS) is 15.4. The lowest BCUT2D eigenvalue weighted by Gasteiger charge is -2.30. The summed E-state index contributed by atoms with van der Waals surface area (Å²) >= 11 is 0. The Morgan fingerprint density at radius 3 is 2.45 bits per heavy atom. The average Bonchev–Trinajstić information content (AvgIpc) is 2.78. The first-order valence-corrected chi connectivity index (χ1v) is 11.5. The van der Waals surface area contributed by atoms with Gasteiger partial charge in [0.15, 0.2) is 5.78 Å². The molecule has 1 N–H and O–H groups in total. The summed E-state index contributed by atoms with van der Waals surface area (Å²) in [6, 6.07) is 11.6. The van der Waals surface area contributed by atoms with E-state index < -0.39 is 10.0 Å². The monoisotopic (exact) mass is 448 g/mol. The Morgan fingerprint density at radius 2 is 1.81 bits per heavy atom. The van der Waals surface area contributed by atoms with Gasteiger partial charge < -0.3 is 10.1 Å². The molecule has 2 aromatic rings. The Hall–Kier alpha value is -2.78. The number of Topliss-reactive ketones (excluding diaryl/α,β-unsaturated/α-hetero) is 1. The number of sulfonamides is 1. The first-order valence-electron chi connectivity index (χ1n) is 10.0. The van der Waals surface area contributed by atoms with Crippen molar-refractivity contribution in [3.05, 3.63) is 59.9 Å². The van der Waals surface area contributed by atoms with E-state index in [1.165, 1.54) is 47.6 Å². The second-order valence-electron chi connectivity index (χ2n) is 7.36. The SMILES string of the molecule is CC(=O)c1cccc(S(=O)(=O)N2CCC(C(=O)NCCOc3ccc(F)cc3)CC2)c1. The summed E-state index contributed by atoms with van der Waals surface area (Å²) in [5, 5.41) is 2.80. The van der Waals surface area contributed by atoms with E-state index in [1.807, 2.05) is 0 Å². The fourth-order valence-electron chi connectivity index (χ4n) is 3.40. The first-order chi connectivity index (χ1) is 14.8. The smallest absolute Gasteiger partial charge is 0.243 e. The number of piperidine rings is 1. The van der Waals surface area contributed by atoms with Gasteiger partial charge in [-0.1, -0.05) is 12.1 Å². The highest BCUT2D eigenvalue weighted by Gasteiger charge is 2.32. The van der Waals surface area contributed by atoms with Gasteiger partial charge in [-0.2, -0.15) is 4.31 Å². The molecule has 0 aromatic heterocycles. The van der Waals surface area contributed by atoms with Crippen molar-refractivity contribution in [2.45, 2.75) is 24.7 Å². The van der Waals surface area contributed by atoms with Gasteiger partial charge >= 0.3 is 0 Å². The van der Waals surface area contributed by atoms with E-state index in [9.17, 15) is 22.4 Å². The van der Waals surface area contributed by atoms with Crippen molar-refractivity contribution >= 4 is 21.7 Å². The zero-order chi connectivity index (χ0) is 22.4. The Labute approximate surface area is 181 Å². The molecule has 7 nitrogen and oxygen atoms in total. The van der Waals surface area contributed by atoms with Crippen LogP contribution in [0, 0.1) is 11.7 Å². The quantitative estimate of drug-likeness (QED) is 0.495. The number of carbonyl (C=O) groups is 2. The minimum Gasteiger partial charge on any atom is -0.492 e. The Kier molecular flexibility index (Phi) is 7.40. The van der Waals surface area contributed by atoms with Crippen LogP contribution in [0.15, 0.2) is 53.4 Å². The molecule has 1 amide bonds. The molecule has 0 radical (unpaired) electrons. The van der Waals surface area contributed by atoms with Crippen molar-refractivity contribution in [1.29, 1.82) is 0 Å². The van der Waals surface area contributed by atoms with Crippen molar-refractivity contribution in [2.75, 3.05) is 26.2 Å². The van der Waals surface area contributed by atoms with Gasteiger partial charge in [0.05, 0.1) is 11.4 Å². The van der Waals surface area contributed by atoms with Crippen LogP contribution in [0.3, 0.4) is 0 Å². The first kappa shape index (κ1) is 22.9. The molecule has 0 saturated carbocycles. The van der Waals surface area contributed by atoms with Crippen LogP contribution in [0.25, 0.3) is 0 Å². The van der Waals surface area contributed by atoms with E-state index in [2.05, 4.69) is 5.32 Å². The van der Waals surface area contributed by atoms with Crippen molar-refractivity contribution < 1.29 is 27.1 Å². The third-order valence-electron chi connectivity index (χ3n) is 5.19. The van der Waals surface area contributed by atoms with Gasteiger partial charge in [-0.05, 0) is 56.2 Å². The maximum Gasteiger partial charge on any atom is 0.243 e. The molecule has 1 aliphatic heterocycles. The van der Waals surface area contributed by atoms with E-state index in [1.54, 1.807) is 12.1 Å². The van der Waals surface area contributed by atoms with Crippen molar-refractivity contribution in [3.8, 4) is 5.75 Å². The van der Waals surface area contributed by atoms with Gasteiger partial charge in [-0.15, -0.1) is 0 Å². The number of benzene rings is 2. The molecule has 0 spiro atoms. The molecular weight excluding hydrogens is 423 g/mol. The van der Waals surface area contributed by atoms with E-state index in [0.717, 1.165) is 0 Å². The lowest BCUT2D eigenvalue weighted by Crippen LogP contribution is -2.43. The largest absolute Gasteiger partial charge is 0.492 e. The molecule has 1 fully saturated rings. The third-order valence-corrected chi connectivity index (χ3v) is 7.08. The van der Waals surface area contributed by atoms with Crippen LogP contribution in [0.1, 0.15) is 30.1 Å². The summed E-state index contributed by atoms with van der Waals surface area (Å²) in [5.74, 6) is -0.446. The summed E-state index contributed by atoms with van der Waals surface area (Å²) in [4.78, 5) is 24.0. The molecule has 1 heterocycles. The number of carbonyl (C=O) groups excluding carboxylic acids is 2. The predicted octanol–water partition coefficient (Wildman–Crippen LogP) is 2.62. The molecular formula is C22H25FN2O5S. The van der Waals surface area contributed by atoms with Crippen molar-refractivity contribution in [3.63, 3.8) is 0 Å². The number of amides is 1. The molecule has 2 aromatic carbocycles. The number of nitrogens with one attached hydrogen (secondary N) is 1. The highest BCUT2D eigenvalue weighted by Crippen LogP contribution is 2.24. The van der Waals surface area contributed by atoms with Crippen LogP contribution < -0.4 is 10.1 Å². The molecule has 1 saturated heterocycles. The van der Waals surface area contributed by atoms with Gasteiger partial charge in [0.1, 0.15) is 18.2 Å². The van der Waals surface area contributed by atoms with Crippen LogP contribution in [0.2, 0.25) is 0 Å². The van der Waals surface area contributed by atoms with Crippen LogP contribution in [0.5, 0.6) is 5.75 Å². The van der Waals surface area contributed by atoms with Crippen LogP contribution >= 0.6 is 0 Å². The van der Waals surface area contributed by atoms with E-state index in [4.69, 9.17) is 4.74 Å². The van der Waals surface area contributed by atoms with Gasteiger partial charge in [-0.3, -0.25) is 9.59 Å². The average molecular weight is 449 g/mol. The summed E-state index contributed by atoms with van der Waals surface area (Å²) in [6.45, 7) is 2.40. The number of hydrogen-bond acceptors (Lipinski definition) is 5. The lowest BCUT2D eigenvalue weighted by atomic mass is 9.97. The van der Waals surface area contributed by atoms with Gasteiger partial charge in [0.2, 0.25) is 15.9 Å². The minimum atomic E-state index is -3.72. The molecule has 1 aliphatic rings. The number of rotatable bonds is 8. The molecule has 3 rings (SSSR count). The Bertz CT molecular complexity index is 1030. The summed E-state index contributed by atoms with van der Waals surface area (Å²) in [5.41, 5.74) is 0.346. The number of ether oxygens (including phenoxy) is 1. The molecule has 0 bridgehead atoms. The zero-order valence-corrected chi connectivity index (χ0v) is 18.0. The Morgan fingerprint density at radius 1 is 1.13 bits per heavy atom. The molecule has 0 atom stereocenters. The second kappa shape index (κ2) is 10.0. The Balaban J connectivity index is 1.47. The minimum absolute atomic E-state index is 0.0843. The molecule has 0 aliphatic carbocycles. The van der Waals surface area contributed by atoms with E-state index in [0.29, 0.717) is 30.7 Å². The third kappa shape index (κ3) is 5.89. The molecule has 31 heavy (non-hydrogen) atoms. The number of ketones is 1. The number of halogens is 1. The summed E-state index contributed by atoms with van der Waals surface area (Å²) in [6.07, 6.45) is 0.826. The van der Waals surface area contributed by atoms with Gasteiger partial charge in [-0.25, -0.2) is 12.8 Å². The topological polar surface area (TPSA) is 92.8 Å². The van der Waals surface area contributed by atoms with Crippen molar-refractivity contribution in [2.24, 2.45) is 5.92 Å². The lowest BCUT2D eigenvalue weighted by molar-refractivity contribution is -0.126. The predicted molar refractivity (Wildman–Crippen MR) is 113 cm³/mol. The molecule has 166 valence electrons. The summed E-state index contributed by atoms with van der Waals surface area (Å²) in [7, 11) is -3.72. The maximum absolute atomic E-state index is 12.9. The summed E-state index contributed by atoms with van der Waals surface area (Å²) < 4.78 is 45.4. The fraction of sp³-hybridized carbons (Fsp3) is 0.364. The second-order valence-corrected chi connectivity index (χ2v) is 9.29.